The predicted octanol–water partition coefficient (Wildman–Crippen LogP) is 4.02. The highest BCUT2D eigenvalue weighted by Crippen LogP contribution is 2.33. The smallest absolute Gasteiger partial charge is 0.210 e. The van der Waals surface area contributed by atoms with Crippen LogP contribution in [0.15, 0.2) is 36.5 Å². The monoisotopic (exact) mass is 336 g/mol. The fraction of sp³-hybridized carbons (Fsp3) is 0.118. The second-order valence-corrected chi connectivity index (χ2v) is 6.73. The Morgan fingerprint density at radius 2 is 2.00 bits per heavy atom. The lowest BCUT2D eigenvalue weighted by atomic mass is 10.1. The van der Waals surface area contributed by atoms with Gasteiger partial charge in [0.2, 0.25) is 5.13 Å². The Kier molecular flexibility index (Phi) is 3.42. The molecule has 6 nitrogen and oxygen atoms in total. The van der Waals surface area contributed by atoms with E-state index in [0.717, 1.165) is 38.3 Å². The van der Waals surface area contributed by atoms with Gasteiger partial charge in [-0.15, -0.1) is 10.2 Å². The van der Waals surface area contributed by atoms with Crippen molar-refractivity contribution in [1.82, 2.24) is 20.4 Å². The molecule has 4 N–H and O–H groups in total. The maximum absolute atomic E-state index is 6.05. The number of rotatable bonds is 3. The number of nitrogens with one attached hydrogen (secondary N) is 2. The fourth-order valence-electron chi connectivity index (χ4n) is 2.62. The summed E-state index contributed by atoms with van der Waals surface area (Å²) in [5.41, 5.74) is 11.9. The van der Waals surface area contributed by atoms with E-state index in [1.807, 2.05) is 31.3 Å². The van der Waals surface area contributed by atoms with E-state index >= 15 is 0 Å². The summed E-state index contributed by atoms with van der Waals surface area (Å²) < 4.78 is 0. The van der Waals surface area contributed by atoms with E-state index in [4.69, 9.17) is 5.73 Å². The third-order valence-electron chi connectivity index (χ3n) is 3.89. The van der Waals surface area contributed by atoms with Crippen LogP contribution in [-0.4, -0.2) is 20.4 Å². The average molecular weight is 336 g/mol. The van der Waals surface area contributed by atoms with Crippen LogP contribution in [0.2, 0.25) is 0 Å². The van der Waals surface area contributed by atoms with E-state index < -0.39 is 0 Å². The van der Waals surface area contributed by atoms with Crippen molar-refractivity contribution in [3.05, 3.63) is 47.7 Å². The van der Waals surface area contributed by atoms with Crippen LogP contribution in [0.4, 0.5) is 16.5 Å². The van der Waals surface area contributed by atoms with Gasteiger partial charge in [0.15, 0.2) is 0 Å². The van der Waals surface area contributed by atoms with E-state index in [1.54, 1.807) is 0 Å². The summed E-state index contributed by atoms with van der Waals surface area (Å²) in [4.78, 5) is 0. The van der Waals surface area contributed by atoms with Gasteiger partial charge in [0.25, 0.3) is 0 Å². The molecule has 0 saturated carbocycles. The SMILES string of the molecule is Cc1ccc(Nc2nnc(-c3cc4cn[nH]c4cc3C)s2)c(N)c1. The normalized spacial score (nSPS) is 11.1. The summed E-state index contributed by atoms with van der Waals surface area (Å²) in [5, 5.41) is 21.5. The van der Waals surface area contributed by atoms with Crippen molar-refractivity contribution >= 4 is 38.7 Å². The van der Waals surface area contributed by atoms with Crippen molar-refractivity contribution in [1.29, 1.82) is 0 Å². The molecule has 0 bridgehead atoms. The lowest BCUT2D eigenvalue weighted by molar-refractivity contribution is 1.10. The number of nitrogens with zero attached hydrogens (tertiary/aromatic N) is 3. The highest BCUT2D eigenvalue weighted by molar-refractivity contribution is 7.18. The molecular weight excluding hydrogens is 320 g/mol. The lowest BCUT2D eigenvalue weighted by Crippen LogP contribution is -1.96. The molecule has 2 heterocycles. The summed E-state index contributed by atoms with van der Waals surface area (Å²) in [7, 11) is 0. The highest BCUT2D eigenvalue weighted by atomic mass is 32.1. The second-order valence-electron chi connectivity index (χ2n) is 5.75. The predicted molar refractivity (Wildman–Crippen MR) is 98.6 cm³/mol. The van der Waals surface area contributed by atoms with Gasteiger partial charge in [-0.05, 0) is 49.2 Å². The van der Waals surface area contributed by atoms with Crippen molar-refractivity contribution in [3.63, 3.8) is 0 Å². The number of benzene rings is 2. The molecule has 0 spiro atoms. The first-order valence-corrected chi connectivity index (χ1v) is 8.32. The zero-order valence-electron chi connectivity index (χ0n) is 13.3. The van der Waals surface area contributed by atoms with Crippen molar-refractivity contribution in [2.24, 2.45) is 0 Å². The largest absolute Gasteiger partial charge is 0.397 e. The van der Waals surface area contributed by atoms with Crippen LogP contribution in [0, 0.1) is 13.8 Å². The maximum atomic E-state index is 6.05. The molecule has 2 aromatic heterocycles. The first kappa shape index (κ1) is 14.6. The Morgan fingerprint density at radius 3 is 2.83 bits per heavy atom. The molecular formula is C17H16N6S. The Morgan fingerprint density at radius 1 is 1.12 bits per heavy atom. The van der Waals surface area contributed by atoms with Gasteiger partial charge in [0, 0.05) is 10.9 Å². The van der Waals surface area contributed by atoms with Crippen LogP contribution in [-0.2, 0) is 0 Å². The molecule has 2 aromatic carbocycles. The minimum absolute atomic E-state index is 0.697. The molecule has 0 amide bonds. The number of aryl methyl sites for hydroxylation is 2. The van der Waals surface area contributed by atoms with Gasteiger partial charge in [-0.3, -0.25) is 5.10 Å². The zero-order valence-corrected chi connectivity index (χ0v) is 14.1. The van der Waals surface area contributed by atoms with Crippen LogP contribution in [0.25, 0.3) is 21.5 Å². The number of anilines is 3. The van der Waals surface area contributed by atoms with Gasteiger partial charge in [-0.25, -0.2) is 0 Å². The summed E-state index contributed by atoms with van der Waals surface area (Å²) in [6, 6.07) is 10.1. The van der Waals surface area contributed by atoms with Gasteiger partial charge >= 0.3 is 0 Å². The molecule has 0 aliphatic heterocycles. The minimum Gasteiger partial charge on any atom is -0.397 e. The molecule has 4 aromatic rings. The summed E-state index contributed by atoms with van der Waals surface area (Å²) in [6.07, 6.45) is 1.81. The number of aromatic amines is 1. The molecule has 0 radical (unpaired) electrons. The van der Waals surface area contributed by atoms with Crippen LogP contribution in [0.1, 0.15) is 11.1 Å². The van der Waals surface area contributed by atoms with E-state index in [9.17, 15) is 0 Å². The number of aromatic nitrogens is 4. The molecule has 4 rings (SSSR count). The molecule has 120 valence electrons. The lowest BCUT2D eigenvalue weighted by Gasteiger charge is -2.06. The minimum atomic E-state index is 0.697. The van der Waals surface area contributed by atoms with Crippen LogP contribution in [0.5, 0.6) is 0 Å². The van der Waals surface area contributed by atoms with Gasteiger partial charge in [0.1, 0.15) is 5.01 Å². The molecule has 0 unspecified atom stereocenters. The van der Waals surface area contributed by atoms with E-state index in [2.05, 4.69) is 44.8 Å². The van der Waals surface area contributed by atoms with E-state index in [-0.39, 0.29) is 0 Å². The first-order chi connectivity index (χ1) is 11.6. The van der Waals surface area contributed by atoms with Gasteiger partial charge in [0.05, 0.1) is 23.1 Å². The number of nitrogen functional groups attached to an aromatic ring is 1. The average Bonchev–Trinajstić information content (AvgIpc) is 3.18. The first-order valence-electron chi connectivity index (χ1n) is 7.51. The Labute approximate surface area is 142 Å². The molecule has 0 saturated heterocycles. The van der Waals surface area contributed by atoms with Gasteiger partial charge < -0.3 is 11.1 Å². The Balaban J connectivity index is 1.67. The molecule has 0 aliphatic carbocycles. The number of hydrogen-bond acceptors (Lipinski definition) is 6. The summed E-state index contributed by atoms with van der Waals surface area (Å²) >= 11 is 1.50. The topological polar surface area (TPSA) is 92.5 Å². The third-order valence-corrected chi connectivity index (χ3v) is 4.76. The van der Waals surface area contributed by atoms with E-state index in [1.165, 1.54) is 11.3 Å². The summed E-state index contributed by atoms with van der Waals surface area (Å²) in [6.45, 7) is 4.07. The number of hydrogen-bond donors (Lipinski definition) is 3. The quantitative estimate of drug-likeness (QED) is 0.491. The van der Waals surface area contributed by atoms with Crippen LogP contribution >= 0.6 is 11.3 Å². The van der Waals surface area contributed by atoms with Crippen molar-refractivity contribution in [2.45, 2.75) is 13.8 Å². The summed E-state index contributed by atoms with van der Waals surface area (Å²) in [5.74, 6) is 0. The highest BCUT2D eigenvalue weighted by Gasteiger charge is 2.12. The van der Waals surface area contributed by atoms with Crippen molar-refractivity contribution < 1.29 is 0 Å². The molecule has 7 heteroatoms. The van der Waals surface area contributed by atoms with Gasteiger partial charge in [-0.2, -0.15) is 5.10 Å². The Hall–Kier alpha value is -2.93. The Bertz CT molecular complexity index is 1030. The van der Waals surface area contributed by atoms with Crippen molar-refractivity contribution in [3.8, 4) is 10.6 Å². The fourth-order valence-corrected chi connectivity index (χ4v) is 3.46. The maximum Gasteiger partial charge on any atom is 0.210 e. The van der Waals surface area contributed by atoms with E-state index in [0.29, 0.717) is 10.8 Å². The zero-order chi connectivity index (χ0) is 16.7. The second kappa shape index (κ2) is 5.61. The number of nitrogens with two attached hydrogens (primary N) is 1. The standard InChI is InChI=1S/C17H16N6S/c1-9-3-4-14(13(18)5-9)20-17-23-22-16(24-17)12-7-11-8-19-21-15(11)6-10(12)2/h3-8H,18H2,1-2H3,(H,19,21)(H,20,23). The molecule has 0 aliphatic rings. The third kappa shape index (κ3) is 2.59. The number of H-pyrrole nitrogens is 1. The number of fused-ring (bicyclic) bond motifs is 1. The molecule has 0 atom stereocenters. The van der Waals surface area contributed by atoms with Crippen LogP contribution < -0.4 is 11.1 Å². The van der Waals surface area contributed by atoms with Crippen molar-refractivity contribution in [2.75, 3.05) is 11.1 Å². The molecule has 0 fully saturated rings. The van der Waals surface area contributed by atoms with Crippen LogP contribution in [0.3, 0.4) is 0 Å². The molecule has 24 heavy (non-hydrogen) atoms. The van der Waals surface area contributed by atoms with Gasteiger partial charge in [-0.1, -0.05) is 17.4 Å².